The van der Waals surface area contributed by atoms with Crippen molar-refractivity contribution in [3.05, 3.63) is 0 Å². The molecular weight excluding hydrogens is 192 g/mol. The summed E-state index contributed by atoms with van der Waals surface area (Å²) in [4.78, 5) is 13.6. The largest absolute Gasteiger partial charge is 0.394 e. The number of likely N-dealkylation sites (tertiary alicyclic amines) is 1. The van der Waals surface area contributed by atoms with Crippen molar-refractivity contribution in [3.8, 4) is 0 Å². The molecule has 1 heterocycles. The van der Waals surface area contributed by atoms with Crippen molar-refractivity contribution >= 4 is 5.91 Å². The van der Waals surface area contributed by atoms with Crippen LogP contribution in [0.1, 0.15) is 39.5 Å². The standard InChI is InChI=1S/C11H22N2O2/c1-11(2,12)6-5-10(15)13-7-3-4-9(13)8-14/h9,14H,3-8,12H2,1-2H3/t9-/m0/s1. The monoisotopic (exact) mass is 214 g/mol. The van der Waals surface area contributed by atoms with Crippen LogP contribution < -0.4 is 5.73 Å². The third kappa shape index (κ3) is 3.80. The average Bonchev–Trinajstić information content (AvgIpc) is 2.60. The van der Waals surface area contributed by atoms with E-state index in [4.69, 9.17) is 10.8 Å². The van der Waals surface area contributed by atoms with E-state index in [1.54, 1.807) is 4.90 Å². The number of nitrogens with two attached hydrogens (primary N) is 1. The highest BCUT2D eigenvalue weighted by Gasteiger charge is 2.28. The van der Waals surface area contributed by atoms with E-state index >= 15 is 0 Å². The molecule has 0 aromatic heterocycles. The first-order valence-corrected chi connectivity index (χ1v) is 5.63. The quantitative estimate of drug-likeness (QED) is 0.715. The van der Waals surface area contributed by atoms with Crippen LogP contribution in [0.4, 0.5) is 0 Å². The maximum Gasteiger partial charge on any atom is 0.222 e. The van der Waals surface area contributed by atoms with Crippen molar-refractivity contribution in [2.75, 3.05) is 13.2 Å². The van der Waals surface area contributed by atoms with Crippen LogP contribution in [0.3, 0.4) is 0 Å². The molecule has 0 radical (unpaired) electrons. The van der Waals surface area contributed by atoms with Gasteiger partial charge in [-0.1, -0.05) is 0 Å². The van der Waals surface area contributed by atoms with Crippen LogP contribution in [0.15, 0.2) is 0 Å². The summed E-state index contributed by atoms with van der Waals surface area (Å²) in [5, 5.41) is 9.09. The summed E-state index contributed by atoms with van der Waals surface area (Å²) in [6, 6.07) is 0.0402. The molecule has 1 fully saturated rings. The topological polar surface area (TPSA) is 66.6 Å². The molecule has 88 valence electrons. The van der Waals surface area contributed by atoms with Crippen LogP contribution >= 0.6 is 0 Å². The fourth-order valence-electron chi connectivity index (χ4n) is 1.93. The minimum atomic E-state index is -0.288. The second-order valence-electron chi connectivity index (χ2n) is 5.05. The summed E-state index contributed by atoms with van der Waals surface area (Å²) in [5.74, 6) is 0.130. The number of amides is 1. The van der Waals surface area contributed by atoms with Crippen LogP contribution in [0, 0.1) is 0 Å². The number of aliphatic hydroxyl groups is 1. The van der Waals surface area contributed by atoms with Gasteiger partial charge < -0.3 is 15.7 Å². The maximum absolute atomic E-state index is 11.8. The van der Waals surface area contributed by atoms with E-state index < -0.39 is 0 Å². The van der Waals surface area contributed by atoms with Crippen molar-refractivity contribution in [1.82, 2.24) is 4.90 Å². The predicted octanol–water partition coefficient (Wildman–Crippen LogP) is 0.487. The zero-order valence-electron chi connectivity index (χ0n) is 9.70. The SMILES string of the molecule is CC(C)(N)CCC(=O)N1CCC[C@H]1CO. The van der Waals surface area contributed by atoms with Crippen LogP contribution in [0.5, 0.6) is 0 Å². The Morgan fingerprint density at radius 1 is 1.60 bits per heavy atom. The first kappa shape index (κ1) is 12.5. The van der Waals surface area contributed by atoms with Gasteiger partial charge in [0.25, 0.3) is 0 Å². The molecule has 0 spiro atoms. The predicted molar refractivity (Wildman–Crippen MR) is 59.3 cm³/mol. The van der Waals surface area contributed by atoms with Gasteiger partial charge in [-0.15, -0.1) is 0 Å². The van der Waals surface area contributed by atoms with E-state index in [0.717, 1.165) is 19.4 Å². The zero-order valence-corrected chi connectivity index (χ0v) is 9.70. The van der Waals surface area contributed by atoms with E-state index in [9.17, 15) is 4.79 Å². The summed E-state index contributed by atoms with van der Waals surface area (Å²) in [6.45, 7) is 4.72. The fourth-order valence-corrected chi connectivity index (χ4v) is 1.93. The van der Waals surface area contributed by atoms with Gasteiger partial charge in [-0.2, -0.15) is 0 Å². The highest BCUT2D eigenvalue weighted by molar-refractivity contribution is 5.76. The molecule has 0 unspecified atom stereocenters. The van der Waals surface area contributed by atoms with E-state index in [1.807, 2.05) is 13.8 Å². The Balaban J connectivity index is 2.40. The Bertz CT molecular complexity index is 223. The number of carbonyl (C=O) groups excluding carboxylic acids is 1. The number of hydrogen-bond acceptors (Lipinski definition) is 3. The Morgan fingerprint density at radius 2 is 2.27 bits per heavy atom. The molecule has 4 heteroatoms. The average molecular weight is 214 g/mol. The summed E-state index contributed by atoms with van der Waals surface area (Å²) in [7, 11) is 0. The summed E-state index contributed by atoms with van der Waals surface area (Å²) in [5.41, 5.74) is 5.54. The van der Waals surface area contributed by atoms with Gasteiger partial charge in [-0.05, 0) is 33.1 Å². The van der Waals surface area contributed by atoms with Crippen molar-refractivity contribution in [1.29, 1.82) is 0 Å². The van der Waals surface area contributed by atoms with Gasteiger partial charge in [0.1, 0.15) is 0 Å². The highest BCUT2D eigenvalue weighted by atomic mass is 16.3. The number of rotatable bonds is 4. The summed E-state index contributed by atoms with van der Waals surface area (Å²) in [6.07, 6.45) is 3.11. The number of aliphatic hydroxyl groups excluding tert-OH is 1. The normalized spacial score (nSPS) is 22.1. The van der Waals surface area contributed by atoms with Gasteiger partial charge in [0.2, 0.25) is 5.91 Å². The van der Waals surface area contributed by atoms with E-state index in [1.165, 1.54) is 0 Å². The van der Waals surface area contributed by atoms with Crippen LogP contribution in [-0.4, -0.2) is 40.6 Å². The lowest BCUT2D eigenvalue weighted by atomic mass is 9.99. The molecule has 0 aliphatic carbocycles. The molecule has 1 rings (SSSR count). The van der Waals surface area contributed by atoms with E-state index in [0.29, 0.717) is 12.8 Å². The molecule has 1 aliphatic rings. The van der Waals surface area contributed by atoms with Gasteiger partial charge >= 0.3 is 0 Å². The van der Waals surface area contributed by atoms with Crippen LogP contribution in [0.25, 0.3) is 0 Å². The molecular formula is C11H22N2O2. The molecule has 3 N–H and O–H groups in total. The molecule has 0 aromatic carbocycles. The second-order valence-corrected chi connectivity index (χ2v) is 5.05. The van der Waals surface area contributed by atoms with Gasteiger partial charge in [0, 0.05) is 18.5 Å². The minimum absolute atomic E-state index is 0.0402. The third-order valence-electron chi connectivity index (χ3n) is 2.89. The smallest absolute Gasteiger partial charge is 0.222 e. The molecule has 1 aliphatic heterocycles. The molecule has 15 heavy (non-hydrogen) atoms. The van der Waals surface area contributed by atoms with Crippen molar-refractivity contribution in [2.24, 2.45) is 5.73 Å². The first-order chi connectivity index (χ1) is 6.94. The van der Waals surface area contributed by atoms with Crippen molar-refractivity contribution < 1.29 is 9.90 Å². The zero-order chi connectivity index (χ0) is 11.5. The number of hydrogen-bond donors (Lipinski definition) is 2. The number of carbonyl (C=O) groups is 1. The van der Waals surface area contributed by atoms with E-state index in [2.05, 4.69) is 0 Å². The van der Waals surface area contributed by atoms with Gasteiger partial charge in [0.05, 0.1) is 12.6 Å². The molecule has 1 saturated heterocycles. The second kappa shape index (κ2) is 4.94. The summed E-state index contributed by atoms with van der Waals surface area (Å²) < 4.78 is 0. The third-order valence-corrected chi connectivity index (χ3v) is 2.89. The van der Waals surface area contributed by atoms with Crippen LogP contribution in [-0.2, 0) is 4.79 Å². The Kier molecular flexibility index (Phi) is 4.11. The Labute approximate surface area is 91.4 Å². The number of nitrogens with zero attached hydrogens (tertiary/aromatic N) is 1. The Morgan fingerprint density at radius 3 is 2.80 bits per heavy atom. The lowest BCUT2D eigenvalue weighted by molar-refractivity contribution is -0.133. The summed E-state index contributed by atoms with van der Waals surface area (Å²) >= 11 is 0. The molecule has 1 atom stereocenters. The minimum Gasteiger partial charge on any atom is -0.394 e. The van der Waals surface area contributed by atoms with Gasteiger partial charge in [0.15, 0.2) is 0 Å². The van der Waals surface area contributed by atoms with Crippen molar-refractivity contribution in [2.45, 2.75) is 51.1 Å². The molecule has 1 amide bonds. The Hall–Kier alpha value is -0.610. The molecule has 4 nitrogen and oxygen atoms in total. The lowest BCUT2D eigenvalue weighted by Crippen LogP contribution is -2.39. The highest BCUT2D eigenvalue weighted by Crippen LogP contribution is 2.19. The maximum atomic E-state index is 11.8. The molecule has 0 saturated carbocycles. The van der Waals surface area contributed by atoms with Gasteiger partial charge in [-0.25, -0.2) is 0 Å². The molecule has 0 bridgehead atoms. The lowest BCUT2D eigenvalue weighted by Gasteiger charge is -2.25. The van der Waals surface area contributed by atoms with Crippen LogP contribution in [0.2, 0.25) is 0 Å². The van der Waals surface area contributed by atoms with E-state index in [-0.39, 0.29) is 24.1 Å². The first-order valence-electron chi connectivity index (χ1n) is 5.63. The van der Waals surface area contributed by atoms with Crippen molar-refractivity contribution in [3.63, 3.8) is 0 Å². The van der Waals surface area contributed by atoms with Gasteiger partial charge in [-0.3, -0.25) is 4.79 Å². The molecule has 0 aromatic rings. The fraction of sp³-hybridized carbons (Fsp3) is 0.909.